The second-order valence-electron chi connectivity index (χ2n) is 5.66. The third-order valence-corrected chi connectivity index (χ3v) is 3.72. The fraction of sp³-hybridized carbons (Fsp3) is 0.263. The summed E-state index contributed by atoms with van der Waals surface area (Å²) in [6.07, 6.45) is 0.570. The second-order valence-corrected chi connectivity index (χ2v) is 5.66. The molecule has 1 aliphatic heterocycles. The van der Waals surface area contributed by atoms with Gasteiger partial charge >= 0.3 is 0 Å². The molecular weight excluding hydrogens is 320 g/mol. The van der Waals surface area contributed by atoms with E-state index in [1.165, 1.54) is 0 Å². The molecule has 130 valence electrons. The van der Waals surface area contributed by atoms with Crippen molar-refractivity contribution in [2.45, 2.75) is 19.8 Å². The standard InChI is InChI=1S/C19H20N2O4/c1-2-24-15-6-3-13(4-7-15)11-19(23)20-14-5-8-17-16(12-14)21-18(22)9-10-25-17/h3-8,12H,2,9-11H2,1H3,(H,20,23)(H,21,22). The minimum absolute atomic E-state index is 0.100. The third kappa shape index (κ3) is 4.50. The fourth-order valence-electron chi connectivity index (χ4n) is 2.56. The van der Waals surface area contributed by atoms with E-state index < -0.39 is 0 Å². The van der Waals surface area contributed by atoms with Crippen molar-refractivity contribution in [2.24, 2.45) is 0 Å². The molecule has 1 heterocycles. The number of hydrogen-bond acceptors (Lipinski definition) is 4. The first kappa shape index (κ1) is 16.8. The highest BCUT2D eigenvalue weighted by Crippen LogP contribution is 2.30. The Morgan fingerprint density at radius 1 is 1.24 bits per heavy atom. The molecule has 0 fully saturated rings. The fourth-order valence-corrected chi connectivity index (χ4v) is 2.56. The van der Waals surface area contributed by atoms with E-state index in [-0.39, 0.29) is 18.2 Å². The van der Waals surface area contributed by atoms with Crippen LogP contribution >= 0.6 is 0 Å². The molecule has 0 bridgehead atoms. The molecule has 0 saturated carbocycles. The number of anilines is 2. The maximum atomic E-state index is 12.2. The van der Waals surface area contributed by atoms with Crippen LogP contribution in [-0.4, -0.2) is 25.0 Å². The van der Waals surface area contributed by atoms with Gasteiger partial charge in [-0.05, 0) is 42.8 Å². The largest absolute Gasteiger partial charge is 0.494 e. The molecule has 0 aliphatic carbocycles. The predicted octanol–water partition coefficient (Wildman–Crippen LogP) is 2.99. The van der Waals surface area contributed by atoms with E-state index in [0.29, 0.717) is 36.8 Å². The van der Waals surface area contributed by atoms with Gasteiger partial charge in [0.05, 0.1) is 31.7 Å². The van der Waals surface area contributed by atoms with Crippen molar-refractivity contribution in [3.63, 3.8) is 0 Å². The van der Waals surface area contributed by atoms with Gasteiger partial charge in [-0.25, -0.2) is 0 Å². The van der Waals surface area contributed by atoms with Crippen molar-refractivity contribution < 1.29 is 19.1 Å². The number of ether oxygens (including phenoxy) is 2. The second kappa shape index (κ2) is 7.70. The molecule has 0 atom stereocenters. The van der Waals surface area contributed by atoms with Gasteiger partial charge in [-0.1, -0.05) is 12.1 Å². The molecule has 0 spiro atoms. The quantitative estimate of drug-likeness (QED) is 0.877. The van der Waals surface area contributed by atoms with Crippen LogP contribution in [0.3, 0.4) is 0 Å². The van der Waals surface area contributed by atoms with Crippen LogP contribution < -0.4 is 20.1 Å². The topological polar surface area (TPSA) is 76.7 Å². The summed E-state index contributed by atoms with van der Waals surface area (Å²) >= 11 is 0. The van der Waals surface area contributed by atoms with Crippen LogP contribution in [-0.2, 0) is 16.0 Å². The average Bonchev–Trinajstić information content (AvgIpc) is 2.77. The predicted molar refractivity (Wildman–Crippen MR) is 95.1 cm³/mol. The minimum Gasteiger partial charge on any atom is -0.494 e. The van der Waals surface area contributed by atoms with Crippen LogP contribution in [0.15, 0.2) is 42.5 Å². The van der Waals surface area contributed by atoms with Gasteiger partial charge in [0, 0.05) is 5.69 Å². The molecule has 0 saturated heterocycles. The molecular formula is C19H20N2O4. The molecule has 6 heteroatoms. The molecule has 3 rings (SSSR count). The highest BCUT2D eigenvalue weighted by Gasteiger charge is 2.14. The van der Waals surface area contributed by atoms with Gasteiger partial charge in [0.1, 0.15) is 11.5 Å². The lowest BCUT2D eigenvalue weighted by Crippen LogP contribution is -2.15. The number of carbonyl (C=O) groups excluding carboxylic acids is 2. The third-order valence-electron chi connectivity index (χ3n) is 3.72. The first-order chi connectivity index (χ1) is 12.1. The lowest BCUT2D eigenvalue weighted by Gasteiger charge is -2.11. The normalized spacial score (nSPS) is 13.1. The Labute approximate surface area is 146 Å². The van der Waals surface area contributed by atoms with Crippen LogP contribution in [0.4, 0.5) is 11.4 Å². The number of benzene rings is 2. The molecule has 2 amide bonds. The molecule has 0 unspecified atom stereocenters. The number of carbonyl (C=O) groups is 2. The zero-order valence-corrected chi connectivity index (χ0v) is 14.0. The highest BCUT2D eigenvalue weighted by molar-refractivity contribution is 5.96. The molecule has 2 aromatic rings. The maximum absolute atomic E-state index is 12.2. The van der Waals surface area contributed by atoms with E-state index in [9.17, 15) is 9.59 Å². The summed E-state index contributed by atoms with van der Waals surface area (Å²) < 4.78 is 10.9. The van der Waals surface area contributed by atoms with Crippen LogP contribution in [0.5, 0.6) is 11.5 Å². The van der Waals surface area contributed by atoms with Crippen LogP contribution in [0.1, 0.15) is 18.9 Å². The Balaban J connectivity index is 1.63. The van der Waals surface area contributed by atoms with Crippen LogP contribution in [0, 0.1) is 0 Å². The Morgan fingerprint density at radius 2 is 2.04 bits per heavy atom. The number of fused-ring (bicyclic) bond motifs is 1. The maximum Gasteiger partial charge on any atom is 0.228 e. The van der Waals surface area contributed by atoms with Gasteiger partial charge in [-0.2, -0.15) is 0 Å². The van der Waals surface area contributed by atoms with Gasteiger partial charge in [-0.15, -0.1) is 0 Å². The number of nitrogens with one attached hydrogen (secondary N) is 2. The van der Waals surface area contributed by atoms with Crippen molar-refractivity contribution in [3.05, 3.63) is 48.0 Å². The lowest BCUT2D eigenvalue weighted by atomic mass is 10.1. The zero-order chi connectivity index (χ0) is 17.6. The Hall–Kier alpha value is -3.02. The Kier molecular flexibility index (Phi) is 5.18. The van der Waals surface area contributed by atoms with Gasteiger partial charge in [-0.3, -0.25) is 9.59 Å². The zero-order valence-electron chi connectivity index (χ0n) is 14.0. The van der Waals surface area contributed by atoms with Crippen molar-refractivity contribution in [3.8, 4) is 11.5 Å². The summed E-state index contributed by atoms with van der Waals surface area (Å²) in [6.45, 7) is 2.88. The van der Waals surface area contributed by atoms with E-state index in [1.807, 2.05) is 31.2 Å². The van der Waals surface area contributed by atoms with E-state index >= 15 is 0 Å². The van der Waals surface area contributed by atoms with Gasteiger partial charge in [0.25, 0.3) is 0 Å². The number of hydrogen-bond donors (Lipinski definition) is 2. The Bertz CT molecular complexity index is 771. The van der Waals surface area contributed by atoms with Crippen molar-refractivity contribution in [2.75, 3.05) is 23.8 Å². The van der Waals surface area contributed by atoms with Crippen molar-refractivity contribution in [1.29, 1.82) is 0 Å². The van der Waals surface area contributed by atoms with Crippen molar-refractivity contribution >= 4 is 23.2 Å². The van der Waals surface area contributed by atoms with E-state index in [1.54, 1.807) is 18.2 Å². The summed E-state index contributed by atoms with van der Waals surface area (Å²) in [7, 11) is 0. The first-order valence-electron chi connectivity index (χ1n) is 8.22. The lowest BCUT2D eigenvalue weighted by molar-refractivity contribution is -0.116. The molecule has 25 heavy (non-hydrogen) atoms. The minimum atomic E-state index is -0.134. The smallest absolute Gasteiger partial charge is 0.228 e. The average molecular weight is 340 g/mol. The van der Waals surface area contributed by atoms with E-state index in [2.05, 4.69) is 10.6 Å². The number of amides is 2. The van der Waals surface area contributed by atoms with E-state index in [0.717, 1.165) is 11.3 Å². The van der Waals surface area contributed by atoms with Gasteiger partial charge < -0.3 is 20.1 Å². The summed E-state index contributed by atoms with van der Waals surface area (Å²) in [5.74, 6) is 1.16. The summed E-state index contributed by atoms with van der Waals surface area (Å²) in [6, 6.07) is 12.6. The molecule has 1 aliphatic rings. The van der Waals surface area contributed by atoms with Crippen LogP contribution in [0.25, 0.3) is 0 Å². The van der Waals surface area contributed by atoms with Crippen molar-refractivity contribution in [1.82, 2.24) is 0 Å². The van der Waals surface area contributed by atoms with Crippen LogP contribution in [0.2, 0.25) is 0 Å². The van der Waals surface area contributed by atoms with E-state index in [4.69, 9.17) is 9.47 Å². The highest BCUT2D eigenvalue weighted by atomic mass is 16.5. The molecule has 0 radical (unpaired) electrons. The summed E-state index contributed by atoms with van der Waals surface area (Å²) in [5.41, 5.74) is 2.08. The summed E-state index contributed by atoms with van der Waals surface area (Å²) in [5, 5.41) is 5.61. The van der Waals surface area contributed by atoms with Gasteiger partial charge in [0.2, 0.25) is 11.8 Å². The molecule has 0 aromatic heterocycles. The first-order valence-corrected chi connectivity index (χ1v) is 8.22. The number of rotatable bonds is 5. The summed E-state index contributed by atoms with van der Waals surface area (Å²) in [4.78, 5) is 23.8. The molecule has 2 aromatic carbocycles. The molecule has 6 nitrogen and oxygen atoms in total. The Morgan fingerprint density at radius 3 is 2.80 bits per heavy atom. The monoisotopic (exact) mass is 340 g/mol. The molecule has 2 N–H and O–H groups in total. The van der Waals surface area contributed by atoms with Gasteiger partial charge in [0.15, 0.2) is 0 Å². The SMILES string of the molecule is CCOc1ccc(CC(=O)Nc2ccc3c(c2)NC(=O)CCO3)cc1.